The van der Waals surface area contributed by atoms with Gasteiger partial charge in [0.05, 0.1) is 11.3 Å². The molecule has 1 amide bonds. The predicted octanol–water partition coefficient (Wildman–Crippen LogP) is 3.51. The fourth-order valence-corrected chi connectivity index (χ4v) is 3.59. The Bertz CT molecular complexity index is 741. The lowest BCUT2D eigenvalue weighted by atomic mass is 10.0. The first-order valence-electron chi connectivity index (χ1n) is 9.24. The zero-order valence-corrected chi connectivity index (χ0v) is 16.5. The molecule has 0 saturated carbocycles. The van der Waals surface area contributed by atoms with E-state index in [0.29, 0.717) is 11.7 Å². The Morgan fingerprint density at radius 2 is 2.00 bits per heavy atom. The molecule has 0 aliphatic rings. The molecule has 0 bridgehead atoms. The van der Waals surface area contributed by atoms with Gasteiger partial charge in [0.1, 0.15) is 0 Å². The number of carbonyl (C=O) groups excluding carboxylic acids is 1. The molecule has 0 aliphatic carbocycles. The Hall–Kier alpha value is -2.02. The van der Waals surface area contributed by atoms with Crippen molar-refractivity contribution in [3.8, 4) is 0 Å². The van der Waals surface area contributed by atoms with Crippen LogP contribution in [0.25, 0.3) is 0 Å². The number of carbonyl (C=O) groups is 1. The van der Waals surface area contributed by atoms with Crippen LogP contribution < -0.4 is 11.0 Å². The Balaban J connectivity index is 2.03. The highest BCUT2D eigenvalue weighted by atomic mass is 32.2. The van der Waals surface area contributed by atoms with Gasteiger partial charge in [-0.05, 0) is 25.3 Å². The van der Waals surface area contributed by atoms with Gasteiger partial charge in [0.2, 0.25) is 5.91 Å². The zero-order chi connectivity index (χ0) is 18.9. The molecule has 2 atom stereocenters. The molecule has 142 valence electrons. The molecule has 1 heterocycles. The van der Waals surface area contributed by atoms with Crippen LogP contribution in [-0.4, -0.2) is 25.9 Å². The molecule has 0 spiro atoms. The number of aromatic nitrogens is 3. The first-order valence-corrected chi connectivity index (χ1v) is 10.1. The van der Waals surface area contributed by atoms with Crippen molar-refractivity contribution in [1.82, 2.24) is 20.1 Å². The van der Waals surface area contributed by atoms with Gasteiger partial charge in [-0.25, -0.2) is 9.89 Å². The summed E-state index contributed by atoms with van der Waals surface area (Å²) in [6, 6.07) is 10.0. The summed E-state index contributed by atoms with van der Waals surface area (Å²) in [5.74, 6) is -0.0465. The largest absolute Gasteiger partial charge is 0.348 e. The van der Waals surface area contributed by atoms with Crippen molar-refractivity contribution >= 4 is 17.7 Å². The fourth-order valence-electron chi connectivity index (χ4n) is 2.70. The van der Waals surface area contributed by atoms with Crippen molar-refractivity contribution in [2.75, 3.05) is 0 Å². The van der Waals surface area contributed by atoms with E-state index in [1.165, 1.54) is 11.8 Å². The van der Waals surface area contributed by atoms with Gasteiger partial charge in [-0.1, -0.05) is 68.8 Å². The normalized spacial score (nSPS) is 13.3. The summed E-state index contributed by atoms with van der Waals surface area (Å²) < 4.78 is 1.61. The van der Waals surface area contributed by atoms with Crippen LogP contribution in [0.3, 0.4) is 0 Å². The van der Waals surface area contributed by atoms with E-state index in [1.54, 1.807) is 4.57 Å². The van der Waals surface area contributed by atoms with Crippen molar-refractivity contribution in [1.29, 1.82) is 0 Å². The SMILES string of the molecule is CCCCn1c(S[C@H](C)C(=O)N[C@@H](CCC)c2ccccc2)n[nH]c1=O. The minimum absolute atomic E-state index is 0.00165. The molecular weight excluding hydrogens is 348 g/mol. The van der Waals surface area contributed by atoms with Crippen LogP contribution in [0.1, 0.15) is 58.1 Å². The van der Waals surface area contributed by atoms with Gasteiger partial charge in [0.25, 0.3) is 0 Å². The van der Waals surface area contributed by atoms with E-state index >= 15 is 0 Å². The third-order valence-corrected chi connectivity index (χ3v) is 5.30. The molecule has 0 unspecified atom stereocenters. The summed E-state index contributed by atoms with van der Waals surface area (Å²) in [4.78, 5) is 24.6. The summed E-state index contributed by atoms with van der Waals surface area (Å²) in [5.41, 5.74) is 0.890. The van der Waals surface area contributed by atoms with Crippen LogP contribution in [0.4, 0.5) is 0 Å². The van der Waals surface area contributed by atoms with Crippen molar-refractivity contribution in [2.45, 2.75) is 69.4 Å². The molecule has 26 heavy (non-hydrogen) atoms. The van der Waals surface area contributed by atoms with E-state index in [1.807, 2.05) is 37.3 Å². The molecule has 0 aliphatic heterocycles. The van der Waals surface area contributed by atoms with Gasteiger partial charge >= 0.3 is 5.69 Å². The van der Waals surface area contributed by atoms with Crippen molar-refractivity contribution in [2.24, 2.45) is 0 Å². The number of hydrogen-bond donors (Lipinski definition) is 2. The molecule has 0 fully saturated rings. The highest BCUT2D eigenvalue weighted by molar-refractivity contribution is 8.00. The van der Waals surface area contributed by atoms with Gasteiger partial charge in [-0.15, -0.1) is 5.10 Å². The lowest BCUT2D eigenvalue weighted by molar-refractivity contribution is -0.121. The van der Waals surface area contributed by atoms with Gasteiger partial charge < -0.3 is 5.32 Å². The molecular formula is C19H28N4O2S. The lowest BCUT2D eigenvalue weighted by Crippen LogP contribution is -2.34. The van der Waals surface area contributed by atoms with Gasteiger partial charge in [0, 0.05) is 6.54 Å². The Labute approximate surface area is 158 Å². The van der Waals surface area contributed by atoms with Crippen LogP contribution in [0, 0.1) is 0 Å². The number of thioether (sulfide) groups is 1. The average Bonchev–Trinajstić information content (AvgIpc) is 2.99. The number of rotatable bonds is 10. The first kappa shape index (κ1) is 20.3. The second-order valence-electron chi connectivity index (χ2n) is 6.34. The maximum absolute atomic E-state index is 12.7. The molecule has 2 aromatic rings. The summed E-state index contributed by atoms with van der Waals surface area (Å²) >= 11 is 1.31. The molecule has 2 rings (SSSR count). The zero-order valence-electron chi connectivity index (χ0n) is 15.7. The molecule has 2 N–H and O–H groups in total. The predicted molar refractivity (Wildman–Crippen MR) is 105 cm³/mol. The Morgan fingerprint density at radius 3 is 2.65 bits per heavy atom. The quantitative estimate of drug-likeness (QED) is 0.622. The molecule has 6 nitrogen and oxygen atoms in total. The number of aromatic amines is 1. The number of H-pyrrole nitrogens is 1. The minimum Gasteiger partial charge on any atom is -0.348 e. The van der Waals surface area contributed by atoms with E-state index in [2.05, 4.69) is 29.4 Å². The van der Waals surface area contributed by atoms with E-state index in [4.69, 9.17) is 0 Å². The second-order valence-corrected chi connectivity index (χ2v) is 7.65. The summed E-state index contributed by atoms with van der Waals surface area (Å²) in [5, 5.41) is 9.92. The topological polar surface area (TPSA) is 79.8 Å². The highest BCUT2D eigenvalue weighted by Gasteiger charge is 2.22. The summed E-state index contributed by atoms with van der Waals surface area (Å²) in [6.45, 7) is 6.64. The molecule has 0 radical (unpaired) electrons. The van der Waals surface area contributed by atoms with Gasteiger partial charge in [-0.3, -0.25) is 9.36 Å². The average molecular weight is 377 g/mol. The standard InChI is InChI=1S/C19H28N4O2S/c1-4-6-13-23-18(25)21-22-19(23)26-14(3)17(24)20-16(10-5-2)15-11-8-7-9-12-15/h7-9,11-12,14,16H,4-6,10,13H2,1-3H3,(H,20,24)(H,21,25)/t14-,16+/m1/s1. The maximum Gasteiger partial charge on any atom is 0.343 e. The van der Waals surface area contributed by atoms with Crippen LogP contribution in [0.2, 0.25) is 0 Å². The summed E-state index contributed by atoms with van der Waals surface area (Å²) in [7, 11) is 0. The van der Waals surface area contributed by atoms with Crippen LogP contribution in [0.15, 0.2) is 40.3 Å². The Kier molecular flexibility index (Phi) is 7.97. The second kappa shape index (κ2) is 10.2. The lowest BCUT2D eigenvalue weighted by Gasteiger charge is -2.21. The third-order valence-electron chi connectivity index (χ3n) is 4.21. The number of unbranched alkanes of at least 4 members (excludes halogenated alkanes) is 1. The van der Waals surface area contributed by atoms with E-state index in [9.17, 15) is 9.59 Å². The van der Waals surface area contributed by atoms with Gasteiger partial charge in [0.15, 0.2) is 5.16 Å². The Morgan fingerprint density at radius 1 is 1.27 bits per heavy atom. The van der Waals surface area contributed by atoms with Gasteiger partial charge in [-0.2, -0.15) is 0 Å². The van der Waals surface area contributed by atoms with E-state index < -0.39 is 0 Å². The van der Waals surface area contributed by atoms with Crippen LogP contribution >= 0.6 is 11.8 Å². The minimum atomic E-state index is -0.339. The number of nitrogens with one attached hydrogen (secondary N) is 2. The smallest absolute Gasteiger partial charge is 0.343 e. The van der Waals surface area contributed by atoms with Crippen molar-refractivity contribution in [3.63, 3.8) is 0 Å². The van der Waals surface area contributed by atoms with E-state index in [-0.39, 0.29) is 22.9 Å². The van der Waals surface area contributed by atoms with Crippen molar-refractivity contribution < 1.29 is 4.79 Å². The molecule has 7 heteroatoms. The number of nitrogens with zero attached hydrogens (tertiary/aromatic N) is 2. The molecule has 1 aromatic carbocycles. The van der Waals surface area contributed by atoms with Crippen molar-refractivity contribution in [3.05, 3.63) is 46.4 Å². The third kappa shape index (κ3) is 5.49. The number of hydrogen-bond acceptors (Lipinski definition) is 4. The number of amides is 1. The van der Waals surface area contributed by atoms with Crippen LogP contribution in [0.5, 0.6) is 0 Å². The summed E-state index contributed by atoms with van der Waals surface area (Å²) in [6.07, 6.45) is 3.77. The monoisotopic (exact) mass is 376 g/mol. The maximum atomic E-state index is 12.7. The molecule has 0 saturated heterocycles. The highest BCUT2D eigenvalue weighted by Crippen LogP contribution is 2.23. The fraction of sp³-hybridized carbons (Fsp3) is 0.526. The first-order chi connectivity index (χ1) is 12.6. The number of benzene rings is 1. The molecule has 1 aromatic heterocycles. The van der Waals surface area contributed by atoms with E-state index in [0.717, 1.165) is 31.2 Å². The van der Waals surface area contributed by atoms with Crippen LogP contribution in [-0.2, 0) is 11.3 Å².